The standard InChI is InChI=1S/C21H18N6O2S/c1-3-9-27-20(29)16-8-7-14(11-17(16)24-21(27)30)19(28)23-15-6-4-5-13(10-15)18-25-22-12-26(18)2/h3-8,10-12H,1,9H2,2H3,(H,23,28)(H,24,30). The van der Waals surface area contributed by atoms with Crippen LogP contribution in [0.5, 0.6) is 0 Å². The van der Waals surface area contributed by atoms with Crippen molar-refractivity contribution in [1.82, 2.24) is 24.3 Å². The summed E-state index contributed by atoms with van der Waals surface area (Å²) in [4.78, 5) is 28.4. The van der Waals surface area contributed by atoms with Gasteiger partial charge in [0.05, 0.1) is 10.9 Å². The zero-order chi connectivity index (χ0) is 21.3. The Kier molecular flexibility index (Phi) is 5.11. The highest BCUT2D eigenvalue weighted by Crippen LogP contribution is 2.21. The van der Waals surface area contributed by atoms with Crippen molar-refractivity contribution in [3.05, 3.63) is 82.1 Å². The molecule has 0 atom stereocenters. The summed E-state index contributed by atoms with van der Waals surface area (Å²) in [6, 6.07) is 12.2. The lowest BCUT2D eigenvalue weighted by Crippen LogP contribution is -2.22. The molecule has 2 heterocycles. The molecule has 1 amide bonds. The molecule has 0 aliphatic rings. The van der Waals surface area contributed by atoms with E-state index in [-0.39, 0.29) is 16.2 Å². The highest BCUT2D eigenvalue weighted by molar-refractivity contribution is 7.71. The fourth-order valence-corrected chi connectivity index (χ4v) is 3.44. The van der Waals surface area contributed by atoms with Gasteiger partial charge in [0.2, 0.25) is 0 Å². The van der Waals surface area contributed by atoms with Crippen molar-refractivity contribution in [2.75, 3.05) is 5.32 Å². The first-order chi connectivity index (χ1) is 14.5. The van der Waals surface area contributed by atoms with Gasteiger partial charge in [0.15, 0.2) is 10.6 Å². The van der Waals surface area contributed by atoms with E-state index in [2.05, 4.69) is 27.1 Å². The van der Waals surface area contributed by atoms with Crippen LogP contribution in [0.25, 0.3) is 22.3 Å². The van der Waals surface area contributed by atoms with Crippen LogP contribution in [0.3, 0.4) is 0 Å². The summed E-state index contributed by atoms with van der Waals surface area (Å²) in [6.45, 7) is 3.95. The average Bonchev–Trinajstić information content (AvgIpc) is 3.17. The molecule has 4 aromatic rings. The minimum Gasteiger partial charge on any atom is -0.332 e. The number of carbonyl (C=O) groups excluding carboxylic acids is 1. The molecule has 0 aliphatic heterocycles. The number of allylic oxidation sites excluding steroid dienone is 1. The van der Waals surface area contributed by atoms with E-state index >= 15 is 0 Å². The predicted octanol–water partition coefficient (Wildman–Crippen LogP) is 3.29. The number of nitrogens with zero attached hydrogens (tertiary/aromatic N) is 4. The molecule has 0 saturated carbocycles. The lowest BCUT2D eigenvalue weighted by atomic mass is 10.1. The zero-order valence-electron chi connectivity index (χ0n) is 16.1. The Balaban J connectivity index is 1.65. The Bertz CT molecular complexity index is 1400. The number of hydrogen-bond donors (Lipinski definition) is 2. The van der Waals surface area contributed by atoms with Crippen LogP contribution in [0.4, 0.5) is 5.69 Å². The van der Waals surface area contributed by atoms with Gasteiger partial charge in [0, 0.05) is 30.4 Å². The third-order valence-electron chi connectivity index (χ3n) is 4.65. The largest absolute Gasteiger partial charge is 0.332 e. The Labute approximate surface area is 176 Å². The van der Waals surface area contributed by atoms with Gasteiger partial charge in [-0.3, -0.25) is 14.2 Å². The molecule has 9 heteroatoms. The molecule has 0 unspecified atom stereocenters. The summed E-state index contributed by atoms with van der Waals surface area (Å²) in [5.74, 6) is 0.391. The number of aromatic nitrogens is 5. The van der Waals surface area contributed by atoms with E-state index in [1.807, 2.05) is 25.2 Å². The maximum atomic E-state index is 12.8. The van der Waals surface area contributed by atoms with Crippen LogP contribution in [0.15, 0.2) is 66.2 Å². The van der Waals surface area contributed by atoms with E-state index in [1.165, 1.54) is 4.57 Å². The van der Waals surface area contributed by atoms with Crippen molar-refractivity contribution in [2.24, 2.45) is 7.05 Å². The van der Waals surface area contributed by atoms with Crippen molar-refractivity contribution in [1.29, 1.82) is 0 Å². The molecule has 0 spiro atoms. The third kappa shape index (κ3) is 3.58. The van der Waals surface area contributed by atoms with Crippen molar-refractivity contribution >= 4 is 34.7 Å². The lowest BCUT2D eigenvalue weighted by molar-refractivity contribution is 0.102. The number of carbonyl (C=O) groups is 1. The molecule has 2 aromatic carbocycles. The monoisotopic (exact) mass is 418 g/mol. The second-order valence-corrected chi connectivity index (χ2v) is 7.08. The Morgan fingerprint density at radius 2 is 2.13 bits per heavy atom. The number of rotatable bonds is 5. The molecular formula is C21H18N6O2S. The maximum Gasteiger partial charge on any atom is 0.262 e. The molecule has 2 aromatic heterocycles. The molecule has 0 radical (unpaired) electrons. The van der Waals surface area contributed by atoms with Crippen LogP contribution in [-0.2, 0) is 13.6 Å². The molecule has 0 fully saturated rings. The van der Waals surface area contributed by atoms with E-state index in [4.69, 9.17) is 12.2 Å². The first-order valence-electron chi connectivity index (χ1n) is 9.11. The van der Waals surface area contributed by atoms with E-state index in [0.29, 0.717) is 34.5 Å². The van der Waals surface area contributed by atoms with Gasteiger partial charge in [-0.2, -0.15) is 0 Å². The number of H-pyrrole nitrogens is 1. The summed E-state index contributed by atoms with van der Waals surface area (Å²) in [5.41, 5.74) is 2.13. The molecule has 0 saturated heterocycles. The topological polar surface area (TPSA) is 97.6 Å². The molecule has 30 heavy (non-hydrogen) atoms. The second kappa shape index (κ2) is 7.88. The van der Waals surface area contributed by atoms with E-state index in [9.17, 15) is 9.59 Å². The fraction of sp³-hybridized carbons (Fsp3) is 0.0952. The second-order valence-electron chi connectivity index (χ2n) is 6.70. The highest BCUT2D eigenvalue weighted by Gasteiger charge is 2.12. The average molecular weight is 418 g/mol. The number of benzene rings is 2. The molecule has 8 nitrogen and oxygen atoms in total. The van der Waals surface area contributed by atoms with Gasteiger partial charge in [-0.05, 0) is 42.5 Å². The molecule has 2 N–H and O–H groups in total. The number of anilines is 1. The Morgan fingerprint density at radius 3 is 2.87 bits per heavy atom. The van der Waals surface area contributed by atoms with Gasteiger partial charge in [0.1, 0.15) is 6.33 Å². The quantitative estimate of drug-likeness (QED) is 0.383. The number of aryl methyl sites for hydroxylation is 1. The smallest absolute Gasteiger partial charge is 0.262 e. The van der Waals surface area contributed by atoms with Crippen LogP contribution >= 0.6 is 12.2 Å². The van der Waals surface area contributed by atoms with Gasteiger partial charge in [0.25, 0.3) is 11.5 Å². The van der Waals surface area contributed by atoms with Crippen LogP contribution < -0.4 is 10.9 Å². The van der Waals surface area contributed by atoms with Crippen LogP contribution in [-0.4, -0.2) is 30.2 Å². The van der Waals surface area contributed by atoms with E-state index in [0.717, 1.165) is 5.56 Å². The first-order valence-corrected chi connectivity index (χ1v) is 9.52. The fourth-order valence-electron chi connectivity index (χ4n) is 3.17. The summed E-state index contributed by atoms with van der Waals surface area (Å²) in [6.07, 6.45) is 3.22. The lowest BCUT2D eigenvalue weighted by Gasteiger charge is -2.09. The molecular weight excluding hydrogens is 400 g/mol. The van der Waals surface area contributed by atoms with Gasteiger partial charge in [-0.1, -0.05) is 18.2 Å². The summed E-state index contributed by atoms with van der Waals surface area (Å²) < 4.78 is 3.50. The number of fused-ring (bicyclic) bond motifs is 1. The minimum absolute atomic E-state index is 0.225. The summed E-state index contributed by atoms with van der Waals surface area (Å²) in [5, 5.41) is 11.3. The normalized spacial score (nSPS) is 10.8. The third-order valence-corrected chi connectivity index (χ3v) is 4.97. The van der Waals surface area contributed by atoms with Crippen LogP contribution in [0.1, 0.15) is 10.4 Å². The zero-order valence-corrected chi connectivity index (χ0v) is 16.9. The van der Waals surface area contributed by atoms with Crippen molar-refractivity contribution in [3.8, 4) is 11.4 Å². The van der Waals surface area contributed by atoms with Crippen LogP contribution in [0, 0.1) is 4.77 Å². The minimum atomic E-state index is -0.304. The SMILES string of the molecule is C=CCn1c(=S)[nH]c2cc(C(=O)Nc3cccc(-c4nncn4C)c3)ccc2c1=O. The Morgan fingerprint density at radius 1 is 1.30 bits per heavy atom. The maximum absolute atomic E-state index is 12.8. The van der Waals surface area contributed by atoms with Crippen LogP contribution in [0.2, 0.25) is 0 Å². The highest BCUT2D eigenvalue weighted by atomic mass is 32.1. The van der Waals surface area contributed by atoms with Crippen molar-refractivity contribution < 1.29 is 4.79 Å². The van der Waals surface area contributed by atoms with E-state index in [1.54, 1.807) is 41.2 Å². The number of hydrogen-bond acceptors (Lipinski definition) is 5. The number of amides is 1. The Hall–Kier alpha value is -3.85. The molecule has 4 rings (SSSR count). The molecule has 0 aliphatic carbocycles. The van der Waals surface area contributed by atoms with Gasteiger partial charge in [-0.15, -0.1) is 16.8 Å². The molecule has 0 bridgehead atoms. The summed E-state index contributed by atoms with van der Waals surface area (Å²) in [7, 11) is 1.85. The van der Waals surface area contributed by atoms with Gasteiger partial charge < -0.3 is 14.9 Å². The van der Waals surface area contributed by atoms with Gasteiger partial charge >= 0.3 is 0 Å². The first kappa shape index (κ1) is 19.5. The summed E-state index contributed by atoms with van der Waals surface area (Å²) >= 11 is 5.26. The van der Waals surface area contributed by atoms with Crippen molar-refractivity contribution in [3.63, 3.8) is 0 Å². The number of aromatic amines is 1. The predicted molar refractivity (Wildman–Crippen MR) is 118 cm³/mol. The van der Waals surface area contributed by atoms with E-state index < -0.39 is 0 Å². The van der Waals surface area contributed by atoms with Gasteiger partial charge in [-0.25, -0.2) is 0 Å². The van der Waals surface area contributed by atoms with Crippen molar-refractivity contribution in [2.45, 2.75) is 6.54 Å². The number of nitrogens with one attached hydrogen (secondary N) is 2. The molecule has 150 valence electrons.